The van der Waals surface area contributed by atoms with Crippen molar-refractivity contribution in [2.75, 3.05) is 11.1 Å². The number of carbonyl (C=O) groups excluding carboxylic acids is 1. The Hall–Kier alpha value is -1.77. The van der Waals surface area contributed by atoms with E-state index in [9.17, 15) is 22.7 Å². The van der Waals surface area contributed by atoms with Crippen LogP contribution in [0.1, 0.15) is 25.5 Å². The van der Waals surface area contributed by atoms with Crippen molar-refractivity contribution in [2.45, 2.75) is 24.8 Å². The smallest absolute Gasteiger partial charge is 0.228 e. The molecule has 5 nitrogen and oxygen atoms in total. The van der Waals surface area contributed by atoms with Gasteiger partial charge in [0.1, 0.15) is 5.82 Å². The summed E-state index contributed by atoms with van der Waals surface area (Å²) in [6, 6.07) is 10.0. The lowest BCUT2D eigenvalue weighted by molar-refractivity contribution is -0.118. The van der Waals surface area contributed by atoms with E-state index in [1.807, 2.05) is 0 Å². The van der Waals surface area contributed by atoms with Crippen molar-refractivity contribution in [3.05, 3.63) is 58.3 Å². The molecule has 0 unspecified atom stereocenters. The Bertz CT molecular complexity index is 898. The third-order valence-corrected chi connectivity index (χ3v) is 6.26. The fourth-order valence-electron chi connectivity index (χ4n) is 2.35. The molecule has 0 bridgehead atoms. The number of aliphatic hydroxyl groups excluding tert-OH is 1. The molecule has 0 saturated carbocycles. The SMILES string of the molecule is C[C@@H](CS(=O)(=O)c1ccc(Br)cc1)C(=O)Nc1ccc(F)c([C@@H](C)O)c1. The van der Waals surface area contributed by atoms with E-state index < -0.39 is 33.6 Å². The summed E-state index contributed by atoms with van der Waals surface area (Å²) in [6.45, 7) is 2.92. The van der Waals surface area contributed by atoms with Gasteiger partial charge >= 0.3 is 0 Å². The lowest BCUT2D eigenvalue weighted by Crippen LogP contribution is -2.27. The first kappa shape index (κ1) is 20.5. The number of aliphatic hydroxyl groups is 1. The molecule has 0 saturated heterocycles. The first-order valence-corrected chi connectivity index (χ1v) is 10.3. The molecule has 2 atom stereocenters. The number of nitrogens with one attached hydrogen (secondary N) is 1. The van der Waals surface area contributed by atoms with E-state index >= 15 is 0 Å². The standard InChI is InChI=1S/C18H19BrFNO4S/c1-11(10-26(24,25)15-6-3-13(19)4-7-15)18(23)21-14-5-8-17(20)16(9-14)12(2)22/h3-9,11-12,22H,10H2,1-2H3,(H,21,23)/t11-,12+/m0/s1. The number of benzene rings is 2. The van der Waals surface area contributed by atoms with E-state index in [2.05, 4.69) is 21.2 Å². The van der Waals surface area contributed by atoms with E-state index in [1.165, 1.54) is 38.1 Å². The zero-order valence-electron chi connectivity index (χ0n) is 14.2. The first-order valence-electron chi connectivity index (χ1n) is 7.87. The van der Waals surface area contributed by atoms with Crippen LogP contribution >= 0.6 is 15.9 Å². The van der Waals surface area contributed by atoms with Crippen LogP contribution in [-0.4, -0.2) is 25.2 Å². The molecule has 0 heterocycles. The van der Waals surface area contributed by atoms with Gasteiger partial charge in [-0.1, -0.05) is 22.9 Å². The van der Waals surface area contributed by atoms with E-state index in [1.54, 1.807) is 12.1 Å². The van der Waals surface area contributed by atoms with Gasteiger partial charge in [-0.15, -0.1) is 0 Å². The molecule has 1 amide bonds. The third kappa shape index (κ3) is 5.12. The van der Waals surface area contributed by atoms with E-state index in [0.717, 1.165) is 10.5 Å². The molecule has 0 aliphatic heterocycles. The average molecular weight is 444 g/mol. The van der Waals surface area contributed by atoms with Crippen LogP contribution in [0.25, 0.3) is 0 Å². The molecular formula is C18H19BrFNO4S. The number of carbonyl (C=O) groups is 1. The van der Waals surface area contributed by atoms with E-state index in [-0.39, 0.29) is 16.2 Å². The molecule has 26 heavy (non-hydrogen) atoms. The minimum Gasteiger partial charge on any atom is -0.389 e. The third-order valence-electron chi connectivity index (χ3n) is 3.80. The fraction of sp³-hybridized carbons (Fsp3) is 0.278. The molecule has 0 radical (unpaired) electrons. The normalized spacial score (nSPS) is 13.9. The van der Waals surface area contributed by atoms with Gasteiger partial charge in [0.25, 0.3) is 0 Å². The van der Waals surface area contributed by atoms with Crippen LogP contribution in [0.15, 0.2) is 51.8 Å². The zero-order chi connectivity index (χ0) is 19.5. The first-order chi connectivity index (χ1) is 12.1. The molecule has 0 aromatic heterocycles. The minimum atomic E-state index is -3.62. The molecule has 140 valence electrons. The van der Waals surface area contributed by atoms with Crippen molar-refractivity contribution < 1.29 is 22.7 Å². The van der Waals surface area contributed by atoms with Crippen molar-refractivity contribution in [3.63, 3.8) is 0 Å². The maximum absolute atomic E-state index is 13.6. The second-order valence-electron chi connectivity index (χ2n) is 6.04. The summed E-state index contributed by atoms with van der Waals surface area (Å²) in [5.41, 5.74) is 0.345. The van der Waals surface area contributed by atoms with Crippen LogP contribution in [0.4, 0.5) is 10.1 Å². The predicted octanol–water partition coefficient (Wildman–Crippen LogP) is 3.69. The Morgan fingerprint density at radius 3 is 2.38 bits per heavy atom. The highest BCUT2D eigenvalue weighted by atomic mass is 79.9. The Labute approximate surface area is 160 Å². The summed E-state index contributed by atoms with van der Waals surface area (Å²) < 4.78 is 39.2. The Kier molecular flexibility index (Phi) is 6.54. The summed E-state index contributed by atoms with van der Waals surface area (Å²) in [5, 5.41) is 12.1. The second kappa shape index (κ2) is 8.28. The van der Waals surface area contributed by atoms with Crippen molar-refractivity contribution in [3.8, 4) is 0 Å². The van der Waals surface area contributed by atoms with Gasteiger partial charge in [0.05, 0.1) is 16.8 Å². The molecule has 2 aromatic rings. The molecule has 2 N–H and O–H groups in total. The van der Waals surface area contributed by atoms with Crippen LogP contribution in [0, 0.1) is 11.7 Å². The lowest BCUT2D eigenvalue weighted by Gasteiger charge is -2.14. The molecular weight excluding hydrogens is 425 g/mol. The summed E-state index contributed by atoms with van der Waals surface area (Å²) in [4.78, 5) is 12.4. The number of hydrogen-bond acceptors (Lipinski definition) is 4. The summed E-state index contributed by atoms with van der Waals surface area (Å²) >= 11 is 3.24. The van der Waals surface area contributed by atoms with Gasteiger partial charge in [-0.2, -0.15) is 0 Å². The topological polar surface area (TPSA) is 83.5 Å². The number of anilines is 1. The number of sulfone groups is 1. The van der Waals surface area contributed by atoms with Crippen LogP contribution < -0.4 is 5.32 Å². The number of hydrogen-bond donors (Lipinski definition) is 2. The quantitative estimate of drug-likeness (QED) is 0.712. The van der Waals surface area contributed by atoms with Crippen LogP contribution in [0.2, 0.25) is 0 Å². The van der Waals surface area contributed by atoms with E-state index in [0.29, 0.717) is 5.69 Å². The molecule has 2 rings (SSSR count). The molecule has 0 aliphatic carbocycles. The Morgan fingerprint density at radius 2 is 1.81 bits per heavy atom. The van der Waals surface area contributed by atoms with Gasteiger partial charge in [0.15, 0.2) is 9.84 Å². The lowest BCUT2D eigenvalue weighted by atomic mass is 10.1. The highest BCUT2D eigenvalue weighted by molar-refractivity contribution is 9.10. The molecule has 0 fully saturated rings. The van der Waals surface area contributed by atoms with Crippen molar-refractivity contribution in [1.29, 1.82) is 0 Å². The highest BCUT2D eigenvalue weighted by Crippen LogP contribution is 2.22. The van der Waals surface area contributed by atoms with Crippen molar-refractivity contribution in [1.82, 2.24) is 0 Å². The fourth-order valence-corrected chi connectivity index (χ4v) is 4.17. The maximum Gasteiger partial charge on any atom is 0.228 e. The minimum absolute atomic E-state index is 0.0536. The van der Waals surface area contributed by atoms with Gasteiger partial charge in [-0.3, -0.25) is 4.79 Å². The zero-order valence-corrected chi connectivity index (χ0v) is 16.6. The Morgan fingerprint density at radius 1 is 1.19 bits per heavy atom. The van der Waals surface area contributed by atoms with Crippen molar-refractivity contribution >= 4 is 37.4 Å². The Balaban J connectivity index is 2.10. The maximum atomic E-state index is 13.6. The monoisotopic (exact) mass is 443 g/mol. The molecule has 0 spiro atoms. The summed E-state index contributed by atoms with van der Waals surface area (Å²) in [5.74, 6) is -2.26. The van der Waals surface area contributed by atoms with Gasteiger partial charge in [0, 0.05) is 21.6 Å². The predicted molar refractivity (Wildman–Crippen MR) is 101 cm³/mol. The van der Waals surface area contributed by atoms with Gasteiger partial charge in [-0.05, 0) is 49.4 Å². The van der Waals surface area contributed by atoms with Gasteiger partial charge < -0.3 is 10.4 Å². The largest absolute Gasteiger partial charge is 0.389 e. The van der Waals surface area contributed by atoms with Crippen molar-refractivity contribution in [2.24, 2.45) is 5.92 Å². The molecule has 8 heteroatoms. The van der Waals surface area contributed by atoms with Gasteiger partial charge in [-0.25, -0.2) is 12.8 Å². The summed E-state index contributed by atoms with van der Waals surface area (Å²) in [7, 11) is -3.62. The highest BCUT2D eigenvalue weighted by Gasteiger charge is 2.23. The van der Waals surface area contributed by atoms with Crippen LogP contribution in [0.3, 0.4) is 0 Å². The summed E-state index contributed by atoms with van der Waals surface area (Å²) in [6.07, 6.45) is -1.03. The average Bonchev–Trinajstić information content (AvgIpc) is 2.56. The molecule has 2 aromatic carbocycles. The molecule has 0 aliphatic rings. The van der Waals surface area contributed by atoms with Gasteiger partial charge in [0.2, 0.25) is 5.91 Å². The number of amides is 1. The number of halogens is 2. The van der Waals surface area contributed by atoms with Crippen LogP contribution in [-0.2, 0) is 14.6 Å². The number of rotatable bonds is 6. The van der Waals surface area contributed by atoms with Crippen LogP contribution in [0.5, 0.6) is 0 Å². The second-order valence-corrected chi connectivity index (χ2v) is 8.99. The van der Waals surface area contributed by atoms with E-state index in [4.69, 9.17) is 0 Å².